The predicted molar refractivity (Wildman–Crippen MR) is 56.9 cm³/mol. The smallest absolute Gasteiger partial charge is 0.374 e. The Morgan fingerprint density at radius 2 is 2.00 bits per heavy atom. The van der Waals surface area contributed by atoms with Crippen molar-refractivity contribution in [2.24, 2.45) is 0 Å². The van der Waals surface area contributed by atoms with Crippen molar-refractivity contribution >= 4 is 11.9 Å². The Balaban J connectivity index is 2.06. The van der Waals surface area contributed by atoms with E-state index in [2.05, 4.69) is 14.6 Å². The van der Waals surface area contributed by atoms with E-state index in [1.807, 2.05) is 7.05 Å². The largest absolute Gasteiger partial charge is 0.475 e. The van der Waals surface area contributed by atoms with Crippen molar-refractivity contribution in [3.63, 3.8) is 0 Å². The number of nitrogens with zero attached hydrogens (tertiary/aromatic N) is 3. The van der Waals surface area contributed by atoms with E-state index < -0.39 is 5.97 Å². The molecule has 1 aliphatic rings. The Hall–Kier alpha value is -1.89. The highest BCUT2D eigenvalue weighted by atomic mass is 16.5. The molecule has 1 saturated heterocycles. The molecular formula is C10H13N3O4. The van der Waals surface area contributed by atoms with Crippen molar-refractivity contribution in [3.8, 4) is 0 Å². The summed E-state index contributed by atoms with van der Waals surface area (Å²) in [5.41, 5.74) is 0.0481. The molecule has 2 heterocycles. The van der Waals surface area contributed by atoms with E-state index in [1.165, 1.54) is 0 Å². The lowest BCUT2D eigenvalue weighted by Gasteiger charge is -2.31. The topological polar surface area (TPSA) is 86.9 Å². The number of hydrogen-bond acceptors (Lipinski definition) is 5. The van der Waals surface area contributed by atoms with E-state index in [0.717, 1.165) is 19.2 Å². The molecule has 1 aromatic heterocycles. The van der Waals surface area contributed by atoms with Crippen LogP contribution in [0.2, 0.25) is 0 Å². The summed E-state index contributed by atoms with van der Waals surface area (Å²) < 4.78 is 4.55. The van der Waals surface area contributed by atoms with Crippen LogP contribution in [0.4, 0.5) is 0 Å². The first-order valence-corrected chi connectivity index (χ1v) is 5.26. The maximum absolute atomic E-state index is 11.9. The van der Waals surface area contributed by atoms with Crippen LogP contribution in [0.25, 0.3) is 0 Å². The van der Waals surface area contributed by atoms with Gasteiger partial charge in [-0.05, 0) is 7.05 Å². The molecule has 7 heteroatoms. The Bertz CT molecular complexity index is 435. The third-order valence-corrected chi connectivity index (χ3v) is 2.73. The molecule has 0 spiro atoms. The molecule has 0 aliphatic carbocycles. The molecule has 0 aromatic carbocycles. The van der Waals surface area contributed by atoms with Gasteiger partial charge in [0.15, 0.2) is 5.69 Å². The average Bonchev–Trinajstić information content (AvgIpc) is 2.78. The molecule has 1 fully saturated rings. The van der Waals surface area contributed by atoms with Gasteiger partial charge in [-0.25, -0.2) is 4.79 Å². The van der Waals surface area contributed by atoms with Crippen molar-refractivity contribution in [1.82, 2.24) is 15.0 Å². The van der Waals surface area contributed by atoms with Crippen LogP contribution < -0.4 is 0 Å². The van der Waals surface area contributed by atoms with Crippen molar-refractivity contribution in [3.05, 3.63) is 17.5 Å². The molecular weight excluding hydrogens is 226 g/mol. The van der Waals surface area contributed by atoms with Crippen LogP contribution >= 0.6 is 0 Å². The SMILES string of the molecule is CN1CCN(C(=O)c2cc(C(=O)O)on2)CC1. The third kappa shape index (κ3) is 2.44. The zero-order chi connectivity index (χ0) is 12.4. The number of rotatable bonds is 2. The van der Waals surface area contributed by atoms with Gasteiger partial charge in [-0.1, -0.05) is 5.16 Å². The van der Waals surface area contributed by atoms with Crippen LogP contribution in [0, 0.1) is 0 Å². The van der Waals surface area contributed by atoms with Gasteiger partial charge in [0.1, 0.15) is 0 Å². The molecule has 1 amide bonds. The molecule has 0 bridgehead atoms. The van der Waals surface area contributed by atoms with E-state index >= 15 is 0 Å². The minimum atomic E-state index is -1.23. The number of likely N-dealkylation sites (N-methyl/N-ethyl adjacent to an activating group) is 1. The molecule has 2 rings (SSSR count). The minimum Gasteiger partial charge on any atom is -0.475 e. The molecule has 1 aromatic rings. The van der Waals surface area contributed by atoms with Crippen LogP contribution in [0.1, 0.15) is 21.0 Å². The molecule has 7 nitrogen and oxygen atoms in total. The normalized spacial score (nSPS) is 17.1. The number of piperazine rings is 1. The van der Waals surface area contributed by atoms with Gasteiger partial charge in [0.05, 0.1) is 0 Å². The molecule has 0 radical (unpaired) electrons. The number of hydrogen-bond donors (Lipinski definition) is 1. The summed E-state index contributed by atoms with van der Waals surface area (Å²) >= 11 is 0. The summed E-state index contributed by atoms with van der Waals surface area (Å²) in [6, 6.07) is 1.16. The summed E-state index contributed by atoms with van der Waals surface area (Å²) in [6.45, 7) is 2.83. The van der Waals surface area contributed by atoms with Crippen molar-refractivity contribution in [2.45, 2.75) is 0 Å². The summed E-state index contributed by atoms with van der Waals surface area (Å²) in [6.07, 6.45) is 0. The highest BCUT2D eigenvalue weighted by Gasteiger charge is 2.24. The summed E-state index contributed by atoms with van der Waals surface area (Å²) in [5, 5.41) is 12.1. The lowest BCUT2D eigenvalue weighted by Crippen LogP contribution is -2.47. The van der Waals surface area contributed by atoms with Crippen LogP contribution in [0.5, 0.6) is 0 Å². The average molecular weight is 239 g/mol. The fraction of sp³-hybridized carbons (Fsp3) is 0.500. The fourth-order valence-corrected chi connectivity index (χ4v) is 1.65. The van der Waals surface area contributed by atoms with E-state index in [1.54, 1.807) is 4.90 Å². The van der Waals surface area contributed by atoms with Crippen LogP contribution in [-0.4, -0.2) is 65.2 Å². The van der Waals surface area contributed by atoms with E-state index in [4.69, 9.17) is 5.11 Å². The maximum Gasteiger partial charge on any atom is 0.374 e. The van der Waals surface area contributed by atoms with Gasteiger partial charge in [0.25, 0.3) is 5.91 Å². The van der Waals surface area contributed by atoms with Gasteiger partial charge < -0.3 is 19.4 Å². The number of carbonyl (C=O) groups excluding carboxylic acids is 1. The van der Waals surface area contributed by atoms with Gasteiger partial charge >= 0.3 is 5.97 Å². The summed E-state index contributed by atoms with van der Waals surface area (Å²) in [7, 11) is 1.99. The van der Waals surface area contributed by atoms with Gasteiger partial charge in [0.2, 0.25) is 5.76 Å². The Morgan fingerprint density at radius 1 is 1.35 bits per heavy atom. The molecule has 1 aliphatic heterocycles. The number of aromatic nitrogens is 1. The summed E-state index contributed by atoms with van der Waals surface area (Å²) in [5.74, 6) is -1.83. The van der Waals surface area contributed by atoms with Gasteiger partial charge in [-0.15, -0.1) is 0 Å². The van der Waals surface area contributed by atoms with Gasteiger partial charge in [0, 0.05) is 32.2 Å². The fourth-order valence-electron chi connectivity index (χ4n) is 1.65. The first-order valence-electron chi connectivity index (χ1n) is 5.26. The highest BCUT2D eigenvalue weighted by molar-refractivity contribution is 5.94. The van der Waals surface area contributed by atoms with Crippen LogP contribution in [0.15, 0.2) is 10.6 Å². The molecule has 1 N–H and O–H groups in total. The molecule has 0 atom stereocenters. The zero-order valence-electron chi connectivity index (χ0n) is 9.42. The molecule has 0 unspecified atom stereocenters. The predicted octanol–water partition coefficient (Wildman–Crippen LogP) is -0.240. The second-order valence-corrected chi connectivity index (χ2v) is 3.98. The number of carbonyl (C=O) groups is 2. The van der Waals surface area contributed by atoms with Gasteiger partial charge in [-0.2, -0.15) is 0 Å². The van der Waals surface area contributed by atoms with Crippen molar-refractivity contribution < 1.29 is 19.2 Å². The Kier molecular flexibility index (Phi) is 3.10. The standard InChI is InChI=1S/C10H13N3O4/c1-12-2-4-13(5-3-12)9(14)7-6-8(10(15)16)17-11-7/h6H,2-5H2,1H3,(H,15,16). The molecule has 0 saturated carbocycles. The summed E-state index contributed by atoms with van der Waals surface area (Å²) in [4.78, 5) is 26.3. The number of aromatic carboxylic acids is 1. The Labute approximate surface area is 97.6 Å². The second-order valence-electron chi connectivity index (χ2n) is 3.98. The van der Waals surface area contributed by atoms with E-state index in [-0.39, 0.29) is 17.4 Å². The van der Waals surface area contributed by atoms with Crippen LogP contribution in [-0.2, 0) is 0 Å². The monoisotopic (exact) mass is 239 g/mol. The minimum absolute atomic E-state index is 0.0481. The lowest BCUT2D eigenvalue weighted by atomic mass is 10.2. The van der Waals surface area contributed by atoms with E-state index in [9.17, 15) is 9.59 Å². The number of amides is 1. The first kappa shape index (κ1) is 11.6. The first-order chi connectivity index (χ1) is 8.08. The lowest BCUT2D eigenvalue weighted by molar-refractivity contribution is 0.0634. The molecule has 17 heavy (non-hydrogen) atoms. The highest BCUT2D eigenvalue weighted by Crippen LogP contribution is 2.09. The maximum atomic E-state index is 11.9. The molecule has 92 valence electrons. The number of carboxylic acid groups (broad SMARTS) is 1. The number of carboxylic acids is 1. The van der Waals surface area contributed by atoms with Crippen LogP contribution in [0.3, 0.4) is 0 Å². The Morgan fingerprint density at radius 3 is 2.53 bits per heavy atom. The van der Waals surface area contributed by atoms with Crippen molar-refractivity contribution in [1.29, 1.82) is 0 Å². The van der Waals surface area contributed by atoms with E-state index in [0.29, 0.717) is 13.1 Å². The quantitative estimate of drug-likeness (QED) is 0.766. The zero-order valence-corrected chi connectivity index (χ0v) is 9.42. The van der Waals surface area contributed by atoms with Crippen molar-refractivity contribution in [2.75, 3.05) is 33.2 Å². The third-order valence-electron chi connectivity index (χ3n) is 2.73. The van der Waals surface area contributed by atoms with Gasteiger partial charge in [-0.3, -0.25) is 4.79 Å². The second kappa shape index (κ2) is 4.54.